The molecule has 10 heteroatoms. The summed E-state index contributed by atoms with van der Waals surface area (Å²) in [4.78, 5) is 44.6. The van der Waals surface area contributed by atoms with Gasteiger partial charge in [-0.3, -0.25) is 29.8 Å². The normalized spacial score (nSPS) is 15.5. The molecule has 0 bridgehead atoms. The van der Waals surface area contributed by atoms with E-state index in [2.05, 4.69) is 24.4 Å². The molecule has 1 aliphatic rings. The Morgan fingerprint density at radius 3 is 3.00 bits per heavy atom. The molecule has 2 amide bonds. The zero-order valence-electron chi connectivity index (χ0n) is 17.0. The van der Waals surface area contributed by atoms with Crippen LogP contribution in [0.3, 0.4) is 0 Å². The second-order valence-corrected chi connectivity index (χ2v) is 10.4. The second kappa shape index (κ2) is 9.37. The van der Waals surface area contributed by atoms with E-state index >= 15 is 0 Å². The van der Waals surface area contributed by atoms with Gasteiger partial charge in [-0.05, 0) is 42.2 Å². The molecule has 31 heavy (non-hydrogen) atoms. The lowest BCUT2D eigenvalue weighted by Gasteiger charge is -2.17. The van der Waals surface area contributed by atoms with Crippen LogP contribution in [-0.2, 0) is 24.2 Å². The SMILES string of the molecule is C=CCn1c(SCC(=O)NNC(=O)c2cccs2)nc2sc3c(c2c1=O)CCC(C)C3. The lowest BCUT2D eigenvalue weighted by atomic mass is 9.89. The van der Waals surface area contributed by atoms with Crippen LogP contribution in [0.2, 0.25) is 0 Å². The molecule has 1 aliphatic carbocycles. The summed E-state index contributed by atoms with van der Waals surface area (Å²) in [5, 5.41) is 2.98. The number of hydrazine groups is 1. The second-order valence-electron chi connectivity index (χ2n) is 7.40. The lowest BCUT2D eigenvalue weighted by molar-refractivity contribution is -0.119. The van der Waals surface area contributed by atoms with Crippen molar-refractivity contribution in [3.63, 3.8) is 0 Å². The molecule has 3 aromatic rings. The maximum absolute atomic E-state index is 13.3. The number of hydrogen-bond acceptors (Lipinski definition) is 7. The summed E-state index contributed by atoms with van der Waals surface area (Å²) in [6.07, 6.45) is 4.61. The topological polar surface area (TPSA) is 93.1 Å². The average Bonchev–Trinajstić information content (AvgIpc) is 3.40. The Balaban J connectivity index is 1.52. The van der Waals surface area contributed by atoms with E-state index in [-0.39, 0.29) is 23.1 Å². The number of allylic oxidation sites excluding steroid dienone is 1. The Hall–Kier alpha value is -2.43. The molecule has 0 aliphatic heterocycles. The van der Waals surface area contributed by atoms with Crippen molar-refractivity contribution >= 4 is 56.5 Å². The standard InChI is InChI=1S/C21H22N4O3S3/c1-3-8-25-20(28)17-13-7-6-12(2)10-15(13)31-19(17)22-21(25)30-11-16(26)23-24-18(27)14-5-4-9-29-14/h3-5,9,12H,1,6-8,10-11H2,2H3,(H,23,26)(H,24,27). The number of nitrogens with zero attached hydrogens (tertiary/aromatic N) is 2. The van der Waals surface area contributed by atoms with E-state index in [1.807, 2.05) is 0 Å². The molecule has 3 heterocycles. The van der Waals surface area contributed by atoms with Gasteiger partial charge >= 0.3 is 0 Å². The zero-order valence-corrected chi connectivity index (χ0v) is 19.4. The minimum atomic E-state index is -0.381. The molecular weight excluding hydrogens is 452 g/mol. The third kappa shape index (κ3) is 4.60. The van der Waals surface area contributed by atoms with E-state index < -0.39 is 0 Å². The van der Waals surface area contributed by atoms with Crippen molar-refractivity contribution < 1.29 is 9.59 Å². The predicted molar refractivity (Wildman–Crippen MR) is 126 cm³/mol. The average molecular weight is 475 g/mol. The molecule has 162 valence electrons. The number of aromatic nitrogens is 2. The van der Waals surface area contributed by atoms with Crippen molar-refractivity contribution in [1.29, 1.82) is 0 Å². The van der Waals surface area contributed by atoms with Gasteiger partial charge in [-0.25, -0.2) is 4.98 Å². The van der Waals surface area contributed by atoms with Gasteiger partial charge in [0.15, 0.2) is 5.16 Å². The van der Waals surface area contributed by atoms with Crippen LogP contribution in [-0.4, -0.2) is 27.1 Å². The number of thioether (sulfide) groups is 1. The number of fused-ring (bicyclic) bond motifs is 3. The fourth-order valence-corrected chi connectivity index (χ4v) is 6.42. The molecule has 0 fully saturated rings. The Kier molecular flexibility index (Phi) is 6.59. The monoisotopic (exact) mass is 474 g/mol. The highest BCUT2D eigenvalue weighted by molar-refractivity contribution is 7.99. The fraction of sp³-hybridized carbons (Fsp3) is 0.333. The Morgan fingerprint density at radius 1 is 1.42 bits per heavy atom. The van der Waals surface area contributed by atoms with Crippen molar-refractivity contribution in [2.45, 2.75) is 37.9 Å². The number of aryl methyl sites for hydroxylation is 1. The van der Waals surface area contributed by atoms with Crippen LogP contribution in [0.25, 0.3) is 10.2 Å². The van der Waals surface area contributed by atoms with Crippen molar-refractivity contribution in [1.82, 2.24) is 20.4 Å². The van der Waals surface area contributed by atoms with Gasteiger partial charge in [-0.2, -0.15) is 0 Å². The molecular formula is C21H22N4O3S3. The Morgan fingerprint density at radius 2 is 2.26 bits per heavy atom. The predicted octanol–water partition coefficient (Wildman–Crippen LogP) is 3.38. The first-order valence-corrected chi connectivity index (χ1v) is 12.6. The molecule has 1 unspecified atom stereocenters. The highest BCUT2D eigenvalue weighted by atomic mass is 32.2. The van der Waals surface area contributed by atoms with E-state index in [0.717, 1.165) is 29.7 Å². The molecule has 0 saturated heterocycles. The minimum Gasteiger partial charge on any atom is -0.283 e. The molecule has 0 aromatic carbocycles. The van der Waals surface area contributed by atoms with Crippen molar-refractivity contribution in [3.05, 3.63) is 55.8 Å². The number of rotatable bonds is 6. The highest BCUT2D eigenvalue weighted by Crippen LogP contribution is 2.36. The summed E-state index contributed by atoms with van der Waals surface area (Å²) < 4.78 is 1.57. The lowest BCUT2D eigenvalue weighted by Crippen LogP contribution is -2.42. The van der Waals surface area contributed by atoms with E-state index in [1.54, 1.807) is 39.5 Å². The first kappa shape index (κ1) is 21.8. The summed E-state index contributed by atoms with van der Waals surface area (Å²) in [6, 6.07) is 3.44. The van der Waals surface area contributed by atoms with Crippen LogP contribution < -0.4 is 16.4 Å². The van der Waals surface area contributed by atoms with E-state index in [4.69, 9.17) is 4.98 Å². The van der Waals surface area contributed by atoms with Gasteiger partial charge in [0.05, 0.1) is 16.0 Å². The number of carbonyl (C=O) groups is 2. The molecule has 2 N–H and O–H groups in total. The molecule has 4 rings (SSSR count). The summed E-state index contributed by atoms with van der Waals surface area (Å²) in [6.45, 7) is 6.30. The molecule has 0 radical (unpaired) electrons. The summed E-state index contributed by atoms with van der Waals surface area (Å²) in [7, 11) is 0. The molecule has 7 nitrogen and oxygen atoms in total. The van der Waals surface area contributed by atoms with Gasteiger partial charge in [0.1, 0.15) is 4.83 Å². The van der Waals surface area contributed by atoms with Gasteiger partial charge in [0.2, 0.25) is 5.91 Å². The van der Waals surface area contributed by atoms with Crippen molar-refractivity contribution in [2.75, 3.05) is 5.75 Å². The van der Waals surface area contributed by atoms with E-state index in [0.29, 0.717) is 27.9 Å². The summed E-state index contributed by atoms with van der Waals surface area (Å²) in [5.41, 5.74) is 5.86. The Labute approximate surface area is 191 Å². The summed E-state index contributed by atoms with van der Waals surface area (Å²) in [5.74, 6) is -0.122. The minimum absolute atomic E-state index is 0.0158. The maximum Gasteiger partial charge on any atom is 0.279 e. The third-order valence-electron chi connectivity index (χ3n) is 5.08. The number of amides is 2. The quantitative estimate of drug-likeness (QED) is 0.247. The van der Waals surface area contributed by atoms with Gasteiger partial charge in [0, 0.05) is 11.4 Å². The van der Waals surface area contributed by atoms with Crippen LogP contribution in [0, 0.1) is 5.92 Å². The first-order chi connectivity index (χ1) is 15.0. The van der Waals surface area contributed by atoms with Gasteiger partial charge < -0.3 is 0 Å². The van der Waals surface area contributed by atoms with Gasteiger partial charge in [-0.15, -0.1) is 29.3 Å². The highest BCUT2D eigenvalue weighted by Gasteiger charge is 2.24. The Bertz CT molecular complexity index is 1200. The van der Waals surface area contributed by atoms with Crippen molar-refractivity contribution in [3.8, 4) is 0 Å². The van der Waals surface area contributed by atoms with Crippen LogP contribution >= 0.6 is 34.4 Å². The molecule has 1 atom stereocenters. The van der Waals surface area contributed by atoms with Crippen LogP contribution in [0.4, 0.5) is 0 Å². The smallest absolute Gasteiger partial charge is 0.279 e. The first-order valence-electron chi connectivity index (χ1n) is 9.89. The number of hydrogen-bond donors (Lipinski definition) is 2. The van der Waals surface area contributed by atoms with Crippen LogP contribution in [0.5, 0.6) is 0 Å². The largest absolute Gasteiger partial charge is 0.283 e. The van der Waals surface area contributed by atoms with Crippen LogP contribution in [0.15, 0.2) is 40.1 Å². The number of carbonyl (C=O) groups excluding carboxylic acids is 2. The molecule has 0 saturated carbocycles. The molecule has 0 spiro atoms. The van der Waals surface area contributed by atoms with Gasteiger partial charge in [-0.1, -0.05) is 30.8 Å². The van der Waals surface area contributed by atoms with Crippen LogP contribution in [0.1, 0.15) is 33.5 Å². The number of nitrogens with one attached hydrogen (secondary N) is 2. The maximum atomic E-state index is 13.3. The number of thiophene rings is 2. The zero-order chi connectivity index (χ0) is 22.0. The van der Waals surface area contributed by atoms with Crippen molar-refractivity contribution in [2.24, 2.45) is 5.92 Å². The fourth-order valence-electron chi connectivity index (χ4n) is 3.57. The van der Waals surface area contributed by atoms with E-state index in [9.17, 15) is 14.4 Å². The summed E-state index contributed by atoms with van der Waals surface area (Å²) >= 11 is 4.04. The van der Waals surface area contributed by atoms with E-state index in [1.165, 1.54) is 28.0 Å². The van der Waals surface area contributed by atoms with Gasteiger partial charge in [0.25, 0.3) is 11.5 Å². The third-order valence-corrected chi connectivity index (χ3v) is 8.08. The molecule has 3 aromatic heterocycles.